The van der Waals surface area contributed by atoms with E-state index in [4.69, 9.17) is 5.11 Å². The lowest BCUT2D eigenvalue weighted by molar-refractivity contribution is -0.143. The smallest absolute Gasteiger partial charge is 0.306 e. The second-order valence-corrected chi connectivity index (χ2v) is 5.16. The van der Waals surface area contributed by atoms with Crippen LogP contribution >= 0.6 is 0 Å². The molecule has 1 aliphatic carbocycles. The van der Waals surface area contributed by atoms with Crippen molar-refractivity contribution in [3.63, 3.8) is 0 Å². The number of carbonyl (C=O) groups excluding carboxylic acids is 1. The topological polar surface area (TPSA) is 78.4 Å². The van der Waals surface area contributed by atoms with Crippen LogP contribution in [-0.4, -0.2) is 36.6 Å². The summed E-state index contributed by atoms with van der Waals surface area (Å²) in [6.07, 6.45) is 3.34. The highest BCUT2D eigenvalue weighted by molar-refractivity contribution is 5.80. The van der Waals surface area contributed by atoms with Crippen LogP contribution in [0.2, 0.25) is 0 Å². The summed E-state index contributed by atoms with van der Waals surface area (Å²) in [5.41, 5.74) is 0. The summed E-state index contributed by atoms with van der Waals surface area (Å²) in [6, 6.07) is 0. The van der Waals surface area contributed by atoms with Gasteiger partial charge in [0.25, 0.3) is 0 Å². The molecule has 96 valence electrons. The molecule has 17 heavy (non-hydrogen) atoms. The summed E-state index contributed by atoms with van der Waals surface area (Å²) in [4.78, 5) is 22.4. The molecular weight excluding hydrogens is 220 g/mol. The summed E-state index contributed by atoms with van der Waals surface area (Å²) >= 11 is 0. The molecule has 2 rings (SSSR count). The first-order chi connectivity index (χ1) is 8.16. The van der Waals surface area contributed by atoms with Crippen molar-refractivity contribution in [3.8, 4) is 0 Å². The zero-order valence-electron chi connectivity index (χ0n) is 9.95. The SMILES string of the molecule is O=C(O)C1CCC(CNC(=O)C2CNC2)CC1. The minimum atomic E-state index is -0.673. The molecule has 3 N–H and O–H groups in total. The monoisotopic (exact) mass is 240 g/mol. The number of amides is 1. The Bertz CT molecular complexity index is 294. The molecule has 5 heteroatoms. The van der Waals surface area contributed by atoms with Gasteiger partial charge in [-0.25, -0.2) is 0 Å². The van der Waals surface area contributed by atoms with E-state index in [9.17, 15) is 9.59 Å². The van der Waals surface area contributed by atoms with E-state index in [1.165, 1.54) is 0 Å². The number of carbonyl (C=O) groups is 2. The number of hydrogen-bond acceptors (Lipinski definition) is 3. The maximum Gasteiger partial charge on any atom is 0.306 e. The van der Waals surface area contributed by atoms with Crippen molar-refractivity contribution in [1.29, 1.82) is 0 Å². The van der Waals surface area contributed by atoms with E-state index < -0.39 is 5.97 Å². The van der Waals surface area contributed by atoms with Crippen LogP contribution in [0.3, 0.4) is 0 Å². The zero-order valence-corrected chi connectivity index (χ0v) is 9.95. The van der Waals surface area contributed by atoms with Gasteiger partial charge in [-0.3, -0.25) is 9.59 Å². The Morgan fingerprint density at radius 3 is 2.24 bits per heavy atom. The van der Waals surface area contributed by atoms with Crippen LogP contribution in [0.1, 0.15) is 25.7 Å². The molecular formula is C12H20N2O3. The van der Waals surface area contributed by atoms with Gasteiger partial charge in [-0.15, -0.1) is 0 Å². The molecule has 0 atom stereocenters. The molecule has 0 spiro atoms. The predicted molar refractivity (Wildman–Crippen MR) is 62.5 cm³/mol. The number of rotatable bonds is 4. The lowest BCUT2D eigenvalue weighted by atomic mass is 9.82. The zero-order chi connectivity index (χ0) is 12.3. The lowest BCUT2D eigenvalue weighted by Crippen LogP contribution is -2.51. The van der Waals surface area contributed by atoms with Gasteiger partial charge in [-0.05, 0) is 31.6 Å². The number of carboxylic acids is 1. The van der Waals surface area contributed by atoms with Crippen molar-refractivity contribution in [2.24, 2.45) is 17.8 Å². The Balaban J connectivity index is 1.64. The van der Waals surface area contributed by atoms with Gasteiger partial charge in [0.15, 0.2) is 0 Å². The van der Waals surface area contributed by atoms with E-state index in [1.807, 2.05) is 0 Å². The molecule has 0 aromatic heterocycles. The maximum atomic E-state index is 11.6. The van der Waals surface area contributed by atoms with E-state index in [1.54, 1.807) is 0 Å². The average molecular weight is 240 g/mol. The van der Waals surface area contributed by atoms with Crippen molar-refractivity contribution in [3.05, 3.63) is 0 Å². The fourth-order valence-electron chi connectivity index (χ4n) is 2.48. The van der Waals surface area contributed by atoms with Gasteiger partial charge in [-0.2, -0.15) is 0 Å². The second-order valence-electron chi connectivity index (χ2n) is 5.16. The predicted octanol–water partition coefficient (Wildman–Crippen LogP) is 0.213. The Labute approximate surface area is 101 Å². The highest BCUT2D eigenvalue weighted by atomic mass is 16.4. The van der Waals surface area contributed by atoms with Crippen LogP contribution in [0.15, 0.2) is 0 Å². The highest BCUT2D eigenvalue weighted by Crippen LogP contribution is 2.28. The van der Waals surface area contributed by atoms with E-state index in [-0.39, 0.29) is 17.7 Å². The van der Waals surface area contributed by atoms with Gasteiger partial charge in [-0.1, -0.05) is 0 Å². The third-order valence-electron chi connectivity index (χ3n) is 3.91. The fourth-order valence-corrected chi connectivity index (χ4v) is 2.48. The molecule has 1 aliphatic heterocycles. The molecule has 2 aliphatic rings. The standard InChI is InChI=1S/C12H20N2O3/c15-11(10-6-13-7-10)14-5-8-1-3-9(4-2-8)12(16)17/h8-10,13H,1-7H2,(H,14,15)(H,16,17). The Kier molecular flexibility index (Phi) is 3.99. The lowest BCUT2D eigenvalue weighted by Gasteiger charge is -2.29. The van der Waals surface area contributed by atoms with Crippen LogP contribution in [0.5, 0.6) is 0 Å². The van der Waals surface area contributed by atoms with Crippen LogP contribution < -0.4 is 10.6 Å². The van der Waals surface area contributed by atoms with Crippen molar-refractivity contribution in [2.45, 2.75) is 25.7 Å². The molecule has 5 nitrogen and oxygen atoms in total. The minimum Gasteiger partial charge on any atom is -0.481 e. The third kappa shape index (κ3) is 3.19. The molecule has 1 heterocycles. The van der Waals surface area contributed by atoms with Gasteiger partial charge in [0.1, 0.15) is 0 Å². The largest absolute Gasteiger partial charge is 0.481 e. The van der Waals surface area contributed by atoms with Crippen LogP contribution in [0.4, 0.5) is 0 Å². The van der Waals surface area contributed by atoms with Crippen molar-refractivity contribution >= 4 is 11.9 Å². The minimum absolute atomic E-state index is 0.143. The summed E-state index contributed by atoms with van der Waals surface area (Å²) in [5, 5.41) is 14.9. The van der Waals surface area contributed by atoms with Crippen LogP contribution in [0, 0.1) is 17.8 Å². The van der Waals surface area contributed by atoms with Crippen LogP contribution in [0.25, 0.3) is 0 Å². The van der Waals surface area contributed by atoms with E-state index >= 15 is 0 Å². The molecule has 1 saturated heterocycles. The third-order valence-corrected chi connectivity index (χ3v) is 3.91. The first-order valence-corrected chi connectivity index (χ1v) is 6.38. The number of nitrogens with one attached hydrogen (secondary N) is 2. The van der Waals surface area contributed by atoms with Gasteiger partial charge < -0.3 is 15.7 Å². The first kappa shape index (κ1) is 12.4. The molecule has 0 bridgehead atoms. The molecule has 1 amide bonds. The van der Waals surface area contributed by atoms with E-state index in [0.717, 1.165) is 38.8 Å². The van der Waals surface area contributed by atoms with Gasteiger partial charge >= 0.3 is 5.97 Å². The molecule has 2 fully saturated rings. The quantitative estimate of drug-likeness (QED) is 0.656. The summed E-state index contributed by atoms with van der Waals surface area (Å²) < 4.78 is 0. The summed E-state index contributed by atoms with van der Waals surface area (Å²) in [6.45, 7) is 2.29. The molecule has 0 aromatic rings. The summed E-state index contributed by atoms with van der Waals surface area (Å²) in [7, 11) is 0. The maximum absolute atomic E-state index is 11.6. The first-order valence-electron chi connectivity index (χ1n) is 6.38. The van der Waals surface area contributed by atoms with Crippen molar-refractivity contribution in [2.75, 3.05) is 19.6 Å². The number of carboxylic acid groups (broad SMARTS) is 1. The van der Waals surface area contributed by atoms with Gasteiger partial charge in [0.2, 0.25) is 5.91 Å². The molecule has 0 aromatic carbocycles. The average Bonchev–Trinajstić information content (AvgIpc) is 2.24. The van der Waals surface area contributed by atoms with Crippen molar-refractivity contribution in [1.82, 2.24) is 10.6 Å². The van der Waals surface area contributed by atoms with E-state index in [2.05, 4.69) is 10.6 Å². The Morgan fingerprint density at radius 1 is 1.12 bits per heavy atom. The molecule has 0 radical (unpaired) electrons. The van der Waals surface area contributed by atoms with E-state index in [0.29, 0.717) is 12.5 Å². The number of hydrogen-bond donors (Lipinski definition) is 3. The Hall–Kier alpha value is -1.10. The van der Waals surface area contributed by atoms with Gasteiger partial charge in [0, 0.05) is 19.6 Å². The molecule has 0 unspecified atom stereocenters. The second kappa shape index (κ2) is 5.49. The normalized spacial score (nSPS) is 29.4. The Morgan fingerprint density at radius 2 is 1.76 bits per heavy atom. The number of aliphatic carboxylic acids is 1. The molecule has 1 saturated carbocycles. The summed E-state index contributed by atoms with van der Waals surface area (Å²) in [5.74, 6) is -0.0946. The van der Waals surface area contributed by atoms with Crippen molar-refractivity contribution < 1.29 is 14.7 Å². The highest BCUT2D eigenvalue weighted by Gasteiger charge is 2.28. The van der Waals surface area contributed by atoms with Gasteiger partial charge in [0.05, 0.1) is 11.8 Å². The van der Waals surface area contributed by atoms with Crippen LogP contribution in [-0.2, 0) is 9.59 Å². The fraction of sp³-hybridized carbons (Fsp3) is 0.833.